The number of H-pyrrole nitrogens is 1. The number of rotatable bonds is 4. The molecule has 0 unspecified atom stereocenters. The van der Waals surface area contributed by atoms with E-state index < -0.39 is 37.1 Å². The Hall–Kier alpha value is -2.75. The Bertz CT molecular complexity index is 1020. The molecule has 29 heavy (non-hydrogen) atoms. The summed E-state index contributed by atoms with van der Waals surface area (Å²) in [6, 6.07) is 13.9. The molecule has 152 valence electrons. The van der Waals surface area contributed by atoms with Gasteiger partial charge in [0, 0.05) is 28.4 Å². The fourth-order valence-electron chi connectivity index (χ4n) is 3.57. The van der Waals surface area contributed by atoms with Crippen molar-refractivity contribution < 1.29 is 30.0 Å². The number of amides is 1. The molecule has 2 aromatic carbocycles. The highest BCUT2D eigenvalue weighted by atomic mass is 16.5. The van der Waals surface area contributed by atoms with E-state index in [-0.39, 0.29) is 5.91 Å². The standard InChI is InChI=1S/C21H22N2O6/c24-10-16-17(25)18(26)19(27)20(29-16)12-2-1-3-13(8-12)21(28)23-14-4-5-15-11(9-14)6-7-22-15/h1-9,16-20,22,24-27H,10H2,(H,23,28)/t16-,17-,18+,19+,20-/m1/s1. The number of anilines is 1. The van der Waals surface area contributed by atoms with Crippen LogP contribution in [0.5, 0.6) is 0 Å². The number of hydrogen-bond donors (Lipinski definition) is 6. The number of nitrogens with one attached hydrogen (secondary N) is 2. The van der Waals surface area contributed by atoms with Crippen molar-refractivity contribution in [1.82, 2.24) is 4.98 Å². The lowest BCUT2D eigenvalue weighted by molar-refractivity contribution is -0.231. The van der Waals surface area contributed by atoms with Crippen molar-refractivity contribution in [2.75, 3.05) is 11.9 Å². The van der Waals surface area contributed by atoms with Crippen LogP contribution in [0.15, 0.2) is 54.7 Å². The quantitative estimate of drug-likeness (QED) is 0.387. The van der Waals surface area contributed by atoms with Gasteiger partial charge >= 0.3 is 0 Å². The smallest absolute Gasteiger partial charge is 0.255 e. The summed E-state index contributed by atoms with van der Waals surface area (Å²) in [6.07, 6.45) is -4.49. The number of aromatic amines is 1. The molecule has 1 aliphatic rings. The van der Waals surface area contributed by atoms with Crippen molar-refractivity contribution in [2.45, 2.75) is 30.5 Å². The molecule has 6 N–H and O–H groups in total. The molecule has 0 radical (unpaired) electrons. The van der Waals surface area contributed by atoms with Crippen LogP contribution in [0.4, 0.5) is 5.69 Å². The molecule has 0 aliphatic carbocycles. The minimum absolute atomic E-state index is 0.341. The van der Waals surface area contributed by atoms with Gasteiger partial charge in [0.2, 0.25) is 0 Å². The van der Waals surface area contributed by atoms with Gasteiger partial charge in [0.1, 0.15) is 30.5 Å². The van der Waals surface area contributed by atoms with Crippen LogP contribution in [0, 0.1) is 0 Å². The lowest BCUT2D eigenvalue weighted by Gasteiger charge is -2.40. The summed E-state index contributed by atoms with van der Waals surface area (Å²) in [4.78, 5) is 15.8. The van der Waals surface area contributed by atoms with Gasteiger partial charge in [-0.3, -0.25) is 4.79 Å². The van der Waals surface area contributed by atoms with Crippen LogP contribution >= 0.6 is 0 Å². The summed E-state index contributed by atoms with van der Waals surface area (Å²) in [6.45, 7) is -0.511. The molecule has 8 heteroatoms. The third kappa shape index (κ3) is 3.76. The van der Waals surface area contributed by atoms with E-state index in [9.17, 15) is 25.2 Å². The summed E-state index contributed by atoms with van der Waals surface area (Å²) in [5.74, 6) is -0.341. The average Bonchev–Trinajstić information content (AvgIpc) is 3.20. The largest absolute Gasteiger partial charge is 0.394 e. The first-order valence-corrected chi connectivity index (χ1v) is 9.27. The van der Waals surface area contributed by atoms with Crippen LogP contribution in [-0.2, 0) is 4.74 Å². The number of carbonyl (C=O) groups excluding carboxylic acids is 1. The second-order valence-electron chi connectivity index (χ2n) is 7.11. The van der Waals surface area contributed by atoms with Gasteiger partial charge in [0.15, 0.2) is 0 Å². The zero-order valence-electron chi connectivity index (χ0n) is 15.4. The SMILES string of the molecule is O=C(Nc1ccc2[nH]ccc2c1)c1cccc([C@H]2O[C@H](CO)[C@@H](O)[C@H](O)[C@@H]2O)c1. The maximum atomic E-state index is 12.7. The molecule has 2 heterocycles. The molecule has 0 bridgehead atoms. The summed E-state index contributed by atoms with van der Waals surface area (Å²) in [7, 11) is 0. The van der Waals surface area contributed by atoms with Crippen LogP contribution < -0.4 is 5.32 Å². The van der Waals surface area contributed by atoms with Crippen molar-refractivity contribution in [1.29, 1.82) is 0 Å². The van der Waals surface area contributed by atoms with Crippen LogP contribution in [0.2, 0.25) is 0 Å². The van der Waals surface area contributed by atoms with E-state index in [1.807, 2.05) is 24.4 Å². The molecule has 4 rings (SSSR count). The van der Waals surface area contributed by atoms with Crippen molar-refractivity contribution in [2.24, 2.45) is 0 Å². The van der Waals surface area contributed by atoms with E-state index >= 15 is 0 Å². The topological polar surface area (TPSA) is 135 Å². The van der Waals surface area contributed by atoms with E-state index in [4.69, 9.17) is 4.74 Å². The Morgan fingerprint density at radius 3 is 2.66 bits per heavy atom. The lowest BCUT2D eigenvalue weighted by atomic mass is 9.90. The zero-order valence-corrected chi connectivity index (χ0v) is 15.4. The van der Waals surface area contributed by atoms with E-state index in [2.05, 4.69) is 10.3 Å². The van der Waals surface area contributed by atoms with Gasteiger partial charge < -0.3 is 35.5 Å². The molecular weight excluding hydrogens is 376 g/mol. The molecule has 3 aromatic rings. The van der Waals surface area contributed by atoms with E-state index in [1.54, 1.807) is 30.3 Å². The highest BCUT2D eigenvalue weighted by Crippen LogP contribution is 2.32. The molecule has 0 saturated carbocycles. The Balaban J connectivity index is 1.55. The molecule has 1 fully saturated rings. The maximum absolute atomic E-state index is 12.7. The summed E-state index contributed by atoms with van der Waals surface area (Å²) in [5.41, 5.74) is 2.40. The molecular formula is C21H22N2O6. The van der Waals surface area contributed by atoms with Crippen molar-refractivity contribution in [3.63, 3.8) is 0 Å². The van der Waals surface area contributed by atoms with Crippen LogP contribution in [0.3, 0.4) is 0 Å². The van der Waals surface area contributed by atoms with Gasteiger partial charge in [-0.05, 0) is 42.0 Å². The van der Waals surface area contributed by atoms with Gasteiger partial charge in [-0.2, -0.15) is 0 Å². The second-order valence-corrected chi connectivity index (χ2v) is 7.11. The predicted molar refractivity (Wildman–Crippen MR) is 105 cm³/mol. The van der Waals surface area contributed by atoms with Gasteiger partial charge in [-0.25, -0.2) is 0 Å². The average molecular weight is 398 g/mol. The molecule has 1 amide bonds. The fraction of sp³-hybridized carbons (Fsp3) is 0.286. The lowest BCUT2D eigenvalue weighted by Crippen LogP contribution is -2.55. The number of ether oxygens (including phenoxy) is 1. The number of aliphatic hydroxyl groups is 4. The third-order valence-electron chi connectivity index (χ3n) is 5.18. The van der Waals surface area contributed by atoms with Crippen LogP contribution in [-0.4, -0.2) is 62.3 Å². The van der Waals surface area contributed by atoms with E-state index in [0.29, 0.717) is 16.8 Å². The maximum Gasteiger partial charge on any atom is 0.255 e. The molecule has 5 atom stereocenters. The molecule has 8 nitrogen and oxygen atoms in total. The van der Waals surface area contributed by atoms with E-state index in [0.717, 1.165) is 10.9 Å². The molecule has 0 spiro atoms. The first-order chi connectivity index (χ1) is 14.0. The third-order valence-corrected chi connectivity index (χ3v) is 5.18. The first-order valence-electron chi connectivity index (χ1n) is 9.27. The summed E-state index contributed by atoms with van der Waals surface area (Å²) < 4.78 is 5.56. The van der Waals surface area contributed by atoms with Crippen LogP contribution in [0.1, 0.15) is 22.0 Å². The molecule has 1 saturated heterocycles. The minimum Gasteiger partial charge on any atom is -0.394 e. The number of benzene rings is 2. The molecule has 1 aliphatic heterocycles. The fourth-order valence-corrected chi connectivity index (χ4v) is 3.57. The van der Waals surface area contributed by atoms with Gasteiger partial charge in [0.25, 0.3) is 5.91 Å². The normalized spacial score (nSPS) is 27.1. The first kappa shape index (κ1) is 19.6. The molecule has 1 aromatic heterocycles. The predicted octanol–water partition coefficient (Wildman–Crippen LogP) is 0.935. The second kappa shape index (κ2) is 7.94. The van der Waals surface area contributed by atoms with Crippen molar-refractivity contribution >= 4 is 22.5 Å². The van der Waals surface area contributed by atoms with Gasteiger partial charge in [-0.15, -0.1) is 0 Å². The Morgan fingerprint density at radius 2 is 1.86 bits per heavy atom. The number of fused-ring (bicyclic) bond motifs is 1. The summed E-state index contributed by atoms with van der Waals surface area (Å²) >= 11 is 0. The van der Waals surface area contributed by atoms with Gasteiger partial charge in [-0.1, -0.05) is 12.1 Å². The summed E-state index contributed by atoms with van der Waals surface area (Å²) in [5, 5.41) is 43.4. The zero-order chi connectivity index (χ0) is 20.5. The highest BCUT2D eigenvalue weighted by Gasteiger charge is 2.44. The van der Waals surface area contributed by atoms with E-state index in [1.165, 1.54) is 0 Å². The monoisotopic (exact) mass is 398 g/mol. The number of aromatic nitrogens is 1. The Morgan fingerprint density at radius 1 is 1.03 bits per heavy atom. The Kier molecular flexibility index (Phi) is 5.35. The number of aliphatic hydroxyl groups excluding tert-OH is 4. The number of carbonyl (C=O) groups is 1. The highest BCUT2D eigenvalue weighted by molar-refractivity contribution is 6.05. The van der Waals surface area contributed by atoms with Crippen molar-refractivity contribution in [3.05, 3.63) is 65.9 Å². The minimum atomic E-state index is -1.48. The van der Waals surface area contributed by atoms with Crippen LogP contribution in [0.25, 0.3) is 10.9 Å². The number of hydrogen-bond acceptors (Lipinski definition) is 6. The van der Waals surface area contributed by atoms with Gasteiger partial charge in [0.05, 0.1) is 6.61 Å². The van der Waals surface area contributed by atoms with Crippen molar-refractivity contribution in [3.8, 4) is 0 Å². The Labute approximate surface area is 166 Å².